The molecule has 1 fully saturated rings. The van der Waals surface area contributed by atoms with E-state index in [1.54, 1.807) is 0 Å². The highest BCUT2D eigenvalue weighted by Gasteiger charge is 2.49. The fourth-order valence-electron chi connectivity index (χ4n) is 3.16. The molecule has 7 heteroatoms. The van der Waals surface area contributed by atoms with E-state index < -0.39 is 36.4 Å². The number of hydrogen-bond acceptors (Lipinski definition) is 5. The van der Waals surface area contributed by atoms with Crippen molar-refractivity contribution in [1.29, 1.82) is 0 Å². The number of carbonyl (C=O) groups is 3. The molecule has 0 aromatic rings. The van der Waals surface area contributed by atoms with Crippen LogP contribution in [0.1, 0.15) is 53.9 Å². The smallest absolute Gasteiger partial charge is 0.328 e. The van der Waals surface area contributed by atoms with Gasteiger partial charge in [-0.2, -0.15) is 0 Å². The van der Waals surface area contributed by atoms with E-state index in [9.17, 15) is 14.4 Å². The van der Waals surface area contributed by atoms with Crippen LogP contribution in [0, 0.1) is 10.8 Å². The van der Waals surface area contributed by atoms with Gasteiger partial charge in [0.2, 0.25) is 5.91 Å². The topological polar surface area (TPSA) is 119 Å². The van der Waals surface area contributed by atoms with E-state index in [1.807, 2.05) is 0 Å². The number of nitrogens with two attached hydrogens (primary N) is 1. The molecule has 0 aromatic heterocycles. The number of esters is 1. The Kier molecular flexibility index (Phi) is 5.79. The molecule has 0 aromatic carbocycles. The average molecular weight is 328 g/mol. The van der Waals surface area contributed by atoms with Crippen molar-refractivity contribution >= 4 is 17.8 Å². The van der Waals surface area contributed by atoms with E-state index in [4.69, 9.17) is 15.6 Å². The Labute approximate surface area is 136 Å². The Morgan fingerprint density at radius 3 is 2.13 bits per heavy atom. The van der Waals surface area contributed by atoms with Gasteiger partial charge < -0.3 is 20.9 Å². The number of nitrogens with one attached hydrogen (secondary N) is 1. The monoisotopic (exact) mass is 328 g/mol. The molecule has 4 N–H and O–H groups in total. The third-order valence-corrected chi connectivity index (χ3v) is 4.51. The molecule has 0 unspecified atom stereocenters. The summed E-state index contributed by atoms with van der Waals surface area (Å²) in [7, 11) is 0. The molecule has 0 saturated heterocycles. The predicted molar refractivity (Wildman–Crippen MR) is 84.5 cm³/mol. The highest BCUT2D eigenvalue weighted by Crippen LogP contribution is 2.50. The van der Waals surface area contributed by atoms with Gasteiger partial charge in [0, 0.05) is 10.8 Å². The molecule has 0 aliphatic heterocycles. The summed E-state index contributed by atoms with van der Waals surface area (Å²) in [5, 5.41) is 11.0. The summed E-state index contributed by atoms with van der Waals surface area (Å²) in [5.41, 5.74) is 5.23. The third kappa shape index (κ3) is 4.92. The standard InChI is InChI=1S/C16H28N2O5/c1-9(18-12(21)10(17)8-11(19)20)13(22)23-14-15(2,3)6-7-16(14,4)5/h9-10,14H,6-8,17H2,1-5H3,(H,18,21)(H,19,20)/t9-,10+/m1/s1. The van der Waals surface area contributed by atoms with Gasteiger partial charge >= 0.3 is 11.9 Å². The number of carboxylic acid groups (broad SMARTS) is 1. The zero-order valence-corrected chi connectivity index (χ0v) is 14.5. The van der Waals surface area contributed by atoms with Crippen LogP contribution < -0.4 is 11.1 Å². The summed E-state index contributed by atoms with van der Waals surface area (Å²) >= 11 is 0. The molecule has 1 amide bonds. The van der Waals surface area contributed by atoms with Gasteiger partial charge in [-0.25, -0.2) is 4.79 Å². The number of rotatable bonds is 6. The number of carboxylic acids is 1. The highest BCUT2D eigenvalue weighted by molar-refractivity contribution is 5.89. The second-order valence-electron chi connectivity index (χ2n) is 7.73. The second kappa shape index (κ2) is 6.86. The van der Waals surface area contributed by atoms with Crippen molar-refractivity contribution in [3.63, 3.8) is 0 Å². The maximum Gasteiger partial charge on any atom is 0.328 e. The summed E-state index contributed by atoms with van der Waals surface area (Å²) in [6.07, 6.45) is 1.19. The molecule has 1 rings (SSSR count). The number of amides is 1. The van der Waals surface area contributed by atoms with E-state index in [-0.39, 0.29) is 16.9 Å². The van der Waals surface area contributed by atoms with Crippen LogP contribution in [0.2, 0.25) is 0 Å². The molecular weight excluding hydrogens is 300 g/mol. The summed E-state index contributed by atoms with van der Waals surface area (Å²) < 4.78 is 5.65. The normalized spacial score (nSPS) is 22.2. The van der Waals surface area contributed by atoms with Crippen molar-refractivity contribution in [3.8, 4) is 0 Å². The highest BCUT2D eigenvalue weighted by atomic mass is 16.5. The van der Waals surface area contributed by atoms with Crippen LogP contribution in [0.25, 0.3) is 0 Å². The van der Waals surface area contributed by atoms with Crippen molar-refractivity contribution in [2.45, 2.75) is 72.1 Å². The molecule has 0 bridgehead atoms. The van der Waals surface area contributed by atoms with Crippen LogP contribution in [0.4, 0.5) is 0 Å². The Hall–Kier alpha value is -1.63. The van der Waals surface area contributed by atoms with Gasteiger partial charge in [-0.3, -0.25) is 9.59 Å². The van der Waals surface area contributed by atoms with Crippen LogP contribution >= 0.6 is 0 Å². The lowest BCUT2D eigenvalue weighted by molar-refractivity contribution is -0.163. The van der Waals surface area contributed by atoms with Crippen molar-refractivity contribution in [1.82, 2.24) is 5.32 Å². The van der Waals surface area contributed by atoms with Crippen molar-refractivity contribution in [2.24, 2.45) is 16.6 Å². The van der Waals surface area contributed by atoms with Crippen LogP contribution in [0.5, 0.6) is 0 Å². The van der Waals surface area contributed by atoms with Crippen molar-refractivity contribution in [3.05, 3.63) is 0 Å². The number of aliphatic carboxylic acids is 1. The fraction of sp³-hybridized carbons (Fsp3) is 0.812. The molecule has 132 valence electrons. The zero-order valence-electron chi connectivity index (χ0n) is 14.5. The van der Waals surface area contributed by atoms with E-state index in [0.717, 1.165) is 12.8 Å². The van der Waals surface area contributed by atoms with Gasteiger partial charge in [-0.15, -0.1) is 0 Å². The van der Waals surface area contributed by atoms with Crippen LogP contribution in [0.3, 0.4) is 0 Å². The van der Waals surface area contributed by atoms with Crippen LogP contribution in [-0.4, -0.2) is 41.1 Å². The number of ether oxygens (including phenoxy) is 1. The van der Waals surface area contributed by atoms with Gasteiger partial charge in [0.15, 0.2) is 0 Å². The molecule has 0 heterocycles. The molecule has 2 atom stereocenters. The van der Waals surface area contributed by atoms with Crippen molar-refractivity contribution in [2.75, 3.05) is 0 Å². The van der Waals surface area contributed by atoms with E-state index >= 15 is 0 Å². The minimum atomic E-state index is -1.19. The average Bonchev–Trinajstić information content (AvgIpc) is 2.60. The van der Waals surface area contributed by atoms with E-state index in [2.05, 4.69) is 33.0 Å². The largest absolute Gasteiger partial charge is 0.481 e. The fourth-order valence-corrected chi connectivity index (χ4v) is 3.16. The Bertz CT molecular complexity index is 471. The lowest BCUT2D eigenvalue weighted by Gasteiger charge is -2.35. The predicted octanol–water partition coefficient (Wildman–Crippen LogP) is 1.05. The van der Waals surface area contributed by atoms with Crippen molar-refractivity contribution < 1.29 is 24.2 Å². The Balaban J connectivity index is 2.64. The SMILES string of the molecule is C[C@@H](NC(=O)[C@@H](N)CC(=O)O)C(=O)OC1C(C)(C)CCC1(C)C. The molecular formula is C16H28N2O5. The quantitative estimate of drug-likeness (QED) is 0.627. The molecule has 7 nitrogen and oxygen atoms in total. The summed E-state index contributed by atoms with van der Waals surface area (Å²) in [6.45, 7) is 9.75. The van der Waals surface area contributed by atoms with E-state index in [1.165, 1.54) is 6.92 Å². The lowest BCUT2D eigenvalue weighted by Crippen LogP contribution is -2.50. The Morgan fingerprint density at radius 2 is 1.70 bits per heavy atom. The van der Waals surface area contributed by atoms with Crippen LogP contribution in [0.15, 0.2) is 0 Å². The molecule has 1 aliphatic rings. The molecule has 23 heavy (non-hydrogen) atoms. The summed E-state index contributed by atoms with van der Waals surface area (Å²) in [5.74, 6) is -2.38. The van der Waals surface area contributed by atoms with E-state index in [0.29, 0.717) is 0 Å². The summed E-state index contributed by atoms with van der Waals surface area (Å²) in [6, 6.07) is -2.07. The van der Waals surface area contributed by atoms with Gasteiger partial charge in [-0.05, 0) is 19.8 Å². The molecule has 1 aliphatic carbocycles. The minimum Gasteiger partial charge on any atom is -0.481 e. The first-order valence-corrected chi connectivity index (χ1v) is 7.85. The first kappa shape index (κ1) is 19.4. The Morgan fingerprint density at radius 1 is 1.22 bits per heavy atom. The van der Waals surface area contributed by atoms with Gasteiger partial charge in [0.1, 0.15) is 12.1 Å². The molecule has 1 saturated carbocycles. The maximum atomic E-state index is 12.3. The second-order valence-corrected chi connectivity index (χ2v) is 7.73. The number of hydrogen-bond donors (Lipinski definition) is 3. The molecule has 0 spiro atoms. The lowest BCUT2D eigenvalue weighted by atomic mass is 9.81. The first-order chi connectivity index (χ1) is 10.4. The van der Waals surface area contributed by atoms with Gasteiger partial charge in [-0.1, -0.05) is 27.7 Å². The van der Waals surface area contributed by atoms with Gasteiger partial charge in [0.25, 0.3) is 0 Å². The first-order valence-electron chi connectivity index (χ1n) is 7.85. The maximum absolute atomic E-state index is 12.3. The molecule has 0 radical (unpaired) electrons. The third-order valence-electron chi connectivity index (χ3n) is 4.51. The minimum absolute atomic E-state index is 0.122. The number of carbonyl (C=O) groups excluding carboxylic acids is 2. The van der Waals surface area contributed by atoms with Crippen LogP contribution in [-0.2, 0) is 19.1 Å². The summed E-state index contributed by atoms with van der Waals surface area (Å²) in [4.78, 5) is 34.6. The zero-order chi connectivity index (χ0) is 18.0. The van der Waals surface area contributed by atoms with Gasteiger partial charge in [0.05, 0.1) is 12.5 Å².